The Morgan fingerprint density at radius 1 is 1.13 bits per heavy atom. The summed E-state index contributed by atoms with van der Waals surface area (Å²) in [5, 5.41) is 4.23. The Morgan fingerprint density at radius 2 is 1.83 bits per heavy atom. The van der Waals surface area contributed by atoms with Crippen LogP contribution in [0.2, 0.25) is 0 Å². The molecule has 0 radical (unpaired) electrons. The second kappa shape index (κ2) is 6.96. The SMILES string of the molecule is CC/C(=N/NC(=O)C1COc2ccccc2O1)c1ccccc1. The van der Waals surface area contributed by atoms with Gasteiger partial charge >= 0.3 is 0 Å². The molecule has 0 bridgehead atoms. The molecule has 1 heterocycles. The van der Waals surface area contributed by atoms with Gasteiger partial charge in [-0.2, -0.15) is 5.10 Å². The summed E-state index contributed by atoms with van der Waals surface area (Å²) in [7, 11) is 0. The summed E-state index contributed by atoms with van der Waals surface area (Å²) in [4.78, 5) is 12.2. The number of carbonyl (C=O) groups is 1. The van der Waals surface area contributed by atoms with Crippen LogP contribution >= 0.6 is 0 Å². The van der Waals surface area contributed by atoms with E-state index in [0.29, 0.717) is 11.5 Å². The van der Waals surface area contributed by atoms with Gasteiger partial charge in [-0.25, -0.2) is 5.43 Å². The number of ether oxygens (including phenoxy) is 2. The summed E-state index contributed by atoms with van der Waals surface area (Å²) >= 11 is 0. The van der Waals surface area contributed by atoms with E-state index >= 15 is 0 Å². The van der Waals surface area contributed by atoms with Crippen LogP contribution in [-0.2, 0) is 4.79 Å². The number of carbonyl (C=O) groups excluding carboxylic acids is 1. The summed E-state index contributed by atoms with van der Waals surface area (Å²) in [6.07, 6.45) is 0.0114. The molecule has 23 heavy (non-hydrogen) atoms. The van der Waals surface area contributed by atoms with Gasteiger partial charge in [0.05, 0.1) is 5.71 Å². The maximum absolute atomic E-state index is 12.2. The highest BCUT2D eigenvalue weighted by Gasteiger charge is 2.27. The molecule has 0 aliphatic carbocycles. The van der Waals surface area contributed by atoms with Crippen LogP contribution in [0.5, 0.6) is 11.5 Å². The van der Waals surface area contributed by atoms with Gasteiger partial charge in [0.2, 0.25) is 6.10 Å². The van der Waals surface area contributed by atoms with E-state index in [9.17, 15) is 4.79 Å². The second-order valence-corrected chi connectivity index (χ2v) is 5.12. The normalized spacial score (nSPS) is 16.7. The van der Waals surface area contributed by atoms with Gasteiger partial charge in [0, 0.05) is 0 Å². The number of hydrazone groups is 1. The van der Waals surface area contributed by atoms with Crippen LogP contribution in [0.1, 0.15) is 18.9 Å². The summed E-state index contributed by atoms with van der Waals surface area (Å²) in [5.41, 5.74) is 4.38. The fourth-order valence-corrected chi connectivity index (χ4v) is 2.32. The number of para-hydroxylation sites is 2. The Kier molecular flexibility index (Phi) is 4.57. The van der Waals surface area contributed by atoms with Crippen LogP contribution < -0.4 is 14.9 Å². The van der Waals surface area contributed by atoms with E-state index in [1.165, 1.54) is 0 Å². The maximum Gasteiger partial charge on any atom is 0.284 e. The minimum atomic E-state index is -0.706. The molecule has 1 aliphatic heterocycles. The quantitative estimate of drug-likeness (QED) is 0.698. The van der Waals surface area contributed by atoms with Crippen molar-refractivity contribution < 1.29 is 14.3 Å². The first kappa shape index (κ1) is 15.1. The van der Waals surface area contributed by atoms with Crippen molar-refractivity contribution >= 4 is 11.6 Å². The molecule has 5 heteroatoms. The van der Waals surface area contributed by atoms with Crippen LogP contribution in [0, 0.1) is 0 Å². The topological polar surface area (TPSA) is 59.9 Å². The maximum atomic E-state index is 12.2. The Bertz CT molecular complexity index is 713. The van der Waals surface area contributed by atoms with E-state index in [0.717, 1.165) is 17.7 Å². The summed E-state index contributed by atoms with van der Waals surface area (Å²) in [6, 6.07) is 17.0. The highest BCUT2D eigenvalue weighted by Crippen LogP contribution is 2.30. The molecule has 2 aromatic carbocycles. The summed E-state index contributed by atoms with van der Waals surface area (Å²) in [5.74, 6) is 0.904. The molecule has 0 spiro atoms. The number of nitrogens with zero attached hydrogens (tertiary/aromatic N) is 1. The molecule has 118 valence electrons. The second-order valence-electron chi connectivity index (χ2n) is 5.12. The van der Waals surface area contributed by atoms with Crippen molar-refractivity contribution in [2.24, 2.45) is 5.10 Å². The zero-order valence-electron chi connectivity index (χ0n) is 12.9. The Hall–Kier alpha value is -2.82. The van der Waals surface area contributed by atoms with E-state index in [1.54, 1.807) is 6.07 Å². The van der Waals surface area contributed by atoms with Crippen molar-refractivity contribution in [1.29, 1.82) is 0 Å². The van der Waals surface area contributed by atoms with Gasteiger partial charge < -0.3 is 9.47 Å². The lowest BCUT2D eigenvalue weighted by molar-refractivity contribution is -0.130. The van der Waals surface area contributed by atoms with Crippen LogP contribution in [0.4, 0.5) is 0 Å². The average molecular weight is 310 g/mol. The van der Waals surface area contributed by atoms with Crippen molar-refractivity contribution in [2.75, 3.05) is 6.61 Å². The lowest BCUT2D eigenvalue weighted by Crippen LogP contribution is -2.42. The molecule has 3 rings (SSSR count). The van der Waals surface area contributed by atoms with Crippen LogP contribution in [0.15, 0.2) is 59.7 Å². The Labute approximate surface area is 134 Å². The number of amides is 1. The third kappa shape index (κ3) is 3.51. The van der Waals surface area contributed by atoms with Gasteiger partial charge in [-0.15, -0.1) is 0 Å². The number of hydrogen-bond acceptors (Lipinski definition) is 4. The highest BCUT2D eigenvalue weighted by molar-refractivity contribution is 6.01. The van der Waals surface area contributed by atoms with E-state index in [2.05, 4.69) is 10.5 Å². The van der Waals surface area contributed by atoms with Gasteiger partial charge in [0.25, 0.3) is 5.91 Å². The standard InChI is InChI=1S/C18H18N2O3/c1-2-14(13-8-4-3-5-9-13)19-20-18(21)17-12-22-15-10-6-7-11-16(15)23-17/h3-11,17H,2,12H2,1H3,(H,20,21)/b19-14-. The molecule has 0 saturated carbocycles. The lowest BCUT2D eigenvalue weighted by Gasteiger charge is -2.24. The molecule has 1 amide bonds. The highest BCUT2D eigenvalue weighted by atomic mass is 16.6. The van der Waals surface area contributed by atoms with E-state index in [-0.39, 0.29) is 12.5 Å². The minimum Gasteiger partial charge on any atom is -0.485 e. The van der Waals surface area contributed by atoms with E-state index in [1.807, 2.05) is 55.5 Å². The number of nitrogens with one attached hydrogen (secondary N) is 1. The largest absolute Gasteiger partial charge is 0.485 e. The first-order valence-corrected chi connectivity index (χ1v) is 7.58. The van der Waals surface area contributed by atoms with Gasteiger partial charge in [-0.1, -0.05) is 49.4 Å². The molecule has 1 N–H and O–H groups in total. The number of fused-ring (bicyclic) bond motifs is 1. The minimum absolute atomic E-state index is 0.172. The van der Waals surface area contributed by atoms with Crippen LogP contribution in [0.25, 0.3) is 0 Å². The Balaban J connectivity index is 1.67. The third-order valence-electron chi connectivity index (χ3n) is 3.54. The first-order chi connectivity index (χ1) is 11.3. The fraction of sp³-hybridized carbons (Fsp3) is 0.222. The van der Waals surface area contributed by atoms with Crippen molar-refractivity contribution in [1.82, 2.24) is 5.43 Å². The molecule has 0 aromatic heterocycles. The van der Waals surface area contributed by atoms with Gasteiger partial charge in [0.1, 0.15) is 6.61 Å². The zero-order valence-corrected chi connectivity index (χ0v) is 12.9. The molecule has 5 nitrogen and oxygen atoms in total. The molecule has 1 unspecified atom stereocenters. The van der Waals surface area contributed by atoms with Crippen molar-refractivity contribution in [3.63, 3.8) is 0 Å². The third-order valence-corrected chi connectivity index (χ3v) is 3.54. The van der Waals surface area contributed by atoms with E-state index < -0.39 is 6.10 Å². The van der Waals surface area contributed by atoms with Crippen LogP contribution in [-0.4, -0.2) is 24.3 Å². The fourth-order valence-electron chi connectivity index (χ4n) is 2.32. The molecule has 1 aliphatic rings. The Morgan fingerprint density at radius 3 is 2.57 bits per heavy atom. The van der Waals surface area contributed by atoms with Gasteiger partial charge in [-0.05, 0) is 24.1 Å². The van der Waals surface area contributed by atoms with Gasteiger partial charge in [0.15, 0.2) is 11.5 Å². The summed E-state index contributed by atoms with van der Waals surface area (Å²) < 4.78 is 11.2. The predicted octanol–water partition coefficient (Wildman–Crippen LogP) is 2.76. The number of benzene rings is 2. The predicted molar refractivity (Wildman–Crippen MR) is 87.8 cm³/mol. The van der Waals surface area contributed by atoms with Gasteiger partial charge in [-0.3, -0.25) is 4.79 Å². The van der Waals surface area contributed by atoms with Crippen LogP contribution in [0.3, 0.4) is 0 Å². The zero-order chi connectivity index (χ0) is 16.1. The molecular formula is C18H18N2O3. The monoisotopic (exact) mass is 310 g/mol. The molecule has 0 fully saturated rings. The number of hydrogen-bond donors (Lipinski definition) is 1. The van der Waals surface area contributed by atoms with Crippen molar-refractivity contribution in [3.05, 3.63) is 60.2 Å². The molecule has 1 atom stereocenters. The molecular weight excluding hydrogens is 292 g/mol. The van der Waals surface area contributed by atoms with Crippen molar-refractivity contribution in [2.45, 2.75) is 19.4 Å². The smallest absolute Gasteiger partial charge is 0.284 e. The first-order valence-electron chi connectivity index (χ1n) is 7.58. The summed E-state index contributed by atoms with van der Waals surface area (Å²) in [6.45, 7) is 2.17. The van der Waals surface area contributed by atoms with E-state index in [4.69, 9.17) is 9.47 Å². The lowest BCUT2D eigenvalue weighted by atomic mass is 10.1. The van der Waals surface area contributed by atoms with Crippen molar-refractivity contribution in [3.8, 4) is 11.5 Å². The molecule has 0 saturated heterocycles. The average Bonchev–Trinajstić information content (AvgIpc) is 2.62. The molecule has 2 aromatic rings. The number of rotatable bonds is 4.